The topological polar surface area (TPSA) is 32.3 Å². The van der Waals surface area contributed by atoms with Gasteiger partial charge in [0.25, 0.3) is 0 Å². The number of hydrogen-bond donors (Lipinski definition) is 0. The van der Waals surface area contributed by atoms with Crippen LogP contribution in [-0.4, -0.2) is 41.0 Å². The van der Waals surface area contributed by atoms with Crippen molar-refractivity contribution in [2.24, 2.45) is 0 Å². The van der Waals surface area contributed by atoms with Crippen LogP contribution in [0, 0.1) is 11.6 Å². The lowest BCUT2D eigenvalue weighted by atomic mass is 10.0. The summed E-state index contributed by atoms with van der Waals surface area (Å²) in [6.45, 7) is 1.97. The van der Waals surface area contributed by atoms with E-state index in [1.165, 1.54) is 31.0 Å². The Morgan fingerprint density at radius 3 is 2.42 bits per heavy atom. The largest absolute Gasteiger partial charge is 0.356 e. The summed E-state index contributed by atoms with van der Waals surface area (Å²) in [6.07, 6.45) is 6.14. The normalized spacial score (nSPS) is 18.9. The minimum Gasteiger partial charge on any atom is -0.356 e. The van der Waals surface area contributed by atoms with Gasteiger partial charge in [0.15, 0.2) is 0 Å². The molecule has 1 saturated carbocycles. The highest BCUT2D eigenvalue weighted by Gasteiger charge is 2.28. The number of likely N-dealkylation sites (tertiary alicyclic amines) is 1. The fourth-order valence-corrected chi connectivity index (χ4v) is 3.66. The lowest BCUT2D eigenvalue weighted by molar-refractivity contribution is 0.198. The Hall–Kier alpha value is -2.08. The highest BCUT2D eigenvalue weighted by Crippen LogP contribution is 2.38. The number of nitrogens with zero attached hydrogens (tertiary/aromatic N) is 4. The fourth-order valence-electron chi connectivity index (χ4n) is 3.66. The Kier molecular flexibility index (Phi) is 4.85. The summed E-state index contributed by atoms with van der Waals surface area (Å²) >= 11 is 0. The van der Waals surface area contributed by atoms with Gasteiger partial charge in [0.2, 0.25) is 0 Å². The van der Waals surface area contributed by atoms with Crippen LogP contribution in [-0.2, 0) is 6.54 Å². The molecule has 0 unspecified atom stereocenters. The molecule has 0 bridgehead atoms. The molecule has 26 heavy (non-hydrogen) atoms. The zero-order valence-electron chi connectivity index (χ0n) is 15.0. The van der Waals surface area contributed by atoms with Crippen molar-refractivity contribution in [3.8, 4) is 0 Å². The van der Waals surface area contributed by atoms with Crippen LogP contribution in [0.15, 0.2) is 30.5 Å². The third kappa shape index (κ3) is 3.70. The minimum atomic E-state index is -0.460. The first kappa shape index (κ1) is 17.3. The van der Waals surface area contributed by atoms with Crippen LogP contribution in [0.2, 0.25) is 0 Å². The van der Waals surface area contributed by atoms with Crippen molar-refractivity contribution in [3.05, 3.63) is 53.5 Å². The lowest BCUT2D eigenvalue weighted by Crippen LogP contribution is -2.43. The van der Waals surface area contributed by atoms with E-state index in [0.29, 0.717) is 18.5 Å². The number of piperidine rings is 1. The molecule has 4 nitrogen and oxygen atoms in total. The van der Waals surface area contributed by atoms with Crippen LogP contribution < -0.4 is 4.90 Å². The number of aromatic nitrogens is 2. The summed E-state index contributed by atoms with van der Waals surface area (Å²) in [4.78, 5) is 13.5. The van der Waals surface area contributed by atoms with Gasteiger partial charge < -0.3 is 4.90 Å². The first-order valence-corrected chi connectivity index (χ1v) is 9.33. The van der Waals surface area contributed by atoms with E-state index in [2.05, 4.69) is 21.8 Å². The van der Waals surface area contributed by atoms with Crippen LogP contribution in [0.5, 0.6) is 0 Å². The molecule has 6 heteroatoms. The summed E-state index contributed by atoms with van der Waals surface area (Å²) in [5.41, 5.74) is 0.171. The fraction of sp³-hybridized carbons (Fsp3) is 0.500. The summed E-state index contributed by atoms with van der Waals surface area (Å²) < 4.78 is 27.7. The van der Waals surface area contributed by atoms with Gasteiger partial charge in [0.05, 0.1) is 0 Å². The van der Waals surface area contributed by atoms with Crippen molar-refractivity contribution in [1.29, 1.82) is 0 Å². The molecule has 2 aromatic rings. The minimum absolute atomic E-state index is 0.171. The van der Waals surface area contributed by atoms with Gasteiger partial charge in [-0.2, -0.15) is 0 Å². The van der Waals surface area contributed by atoms with Gasteiger partial charge in [-0.3, -0.25) is 4.90 Å². The van der Waals surface area contributed by atoms with E-state index in [1.54, 1.807) is 0 Å². The zero-order chi connectivity index (χ0) is 18.1. The van der Waals surface area contributed by atoms with Crippen molar-refractivity contribution in [1.82, 2.24) is 14.9 Å². The molecule has 1 saturated heterocycles. The first-order chi connectivity index (χ1) is 12.6. The Balaban J connectivity index is 1.36. The van der Waals surface area contributed by atoms with Crippen molar-refractivity contribution < 1.29 is 8.78 Å². The van der Waals surface area contributed by atoms with E-state index < -0.39 is 11.6 Å². The van der Waals surface area contributed by atoms with E-state index in [-0.39, 0.29) is 5.56 Å². The molecular formula is C20H24F2N4. The third-order valence-corrected chi connectivity index (χ3v) is 5.51. The molecule has 2 aliphatic rings. The average molecular weight is 358 g/mol. The smallest absolute Gasteiger partial charge is 0.133 e. The van der Waals surface area contributed by atoms with E-state index in [0.717, 1.165) is 37.6 Å². The Morgan fingerprint density at radius 1 is 1.08 bits per heavy atom. The number of hydrogen-bond acceptors (Lipinski definition) is 4. The van der Waals surface area contributed by atoms with Crippen LogP contribution in [0.3, 0.4) is 0 Å². The quantitative estimate of drug-likeness (QED) is 0.815. The molecule has 1 aliphatic heterocycles. The monoisotopic (exact) mass is 358 g/mol. The maximum atomic E-state index is 13.9. The van der Waals surface area contributed by atoms with Gasteiger partial charge in [-0.15, -0.1) is 0 Å². The number of anilines is 1. The molecule has 4 rings (SSSR count). The molecule has 1 aromatic carbocycles. The van der Waals surface area contributed by atoms with E-state index in [1.807, 2.05) is 12.3 Å². The van der Waals surface area contributed by atoms with Crippen LogP contribution in [0.4, 0.5) is 14.6 Å². The molecule has 1 aromatic heterocycles. The predicted octanol–water partition coefficient (Wildman–Crippen LogP) is 3.73. The maximum Gasteiger partial charge on any atom is 0.133 e. The molecule has 0 spiro atoms. The first-order valence-electron chi connectivity index (χ1n) is 9.33. The highest BCUT2D eigenvalue weighted by molar-refractivity contribution is 5.38. The Bertz CT molecular complexity index is 750. The second kappa shape index (κ2) is 7.27. The molecule has 0 atom stereocenters. The summed E-state index contributed by atoms with van der Waals surface area (Å²) in [7, 11) is 2.08. The molecule has 138 valence electrons. The molecule has 2 fully saturated rings. The Labute approximate surface area is 152 Å². The third-order valence-electron chi connectivity index (χ3n) is 5.51. The molecular weight excluding hydrogens is 334 g/mol. The molecule has 0 N–H and O–H groups in total. The predicted molar refractivity (Wildman–Crippen MR) is 97.1 cm³/mol. The van der Waals surface area contributed by atoms with Gasteiger partial charge in [-0.05, 0) is 43.9 Å². The molecule has 1 aliphatic carbocycles. The maximum absolute atomic E-state index is 13.9. The van der Waals surface area contributed by atoms with Crippen molar-refractivity contribution in [2.75, 3.05) is 25.0 Å². The van der Waals surface area contributed by atoms with Gasteiger partial charge in [0.1, 0.15) is 23.3 Å². The summed E-state index contributed by atoms with van der Waals surface area (Å²) in [5, 5.41) is 0. The average Bonchev–Trinajstić information content (AvgIpc) is 3.50. The number of benzene rings is 1. The standard InChI is InChI=1S/C20H24F2N4/c1-25(19-7-10-23-20(24-19)14-5-6-14)15-8-11-26(12-9-15)13-16-17(21)3-2-4-18(16)22/h2-4,7,10,14-15H,5-6,8-9,11-13H2,1H3. The lowest BCUT2D eigenvalue weighted by Gasteiger charge is -2.37. The summed E-state index contributed by atoms with van der Waals surface area (Å²) in [6, 6.07) is 6.41. The zero-order valence-corrected chi connectivity index (χ0v) is 15.0. The van der Waals surface area contributed by atoms with Gasteiger partial charge in [0, 0.05) is 50.4 Å². The van der Waals surface area contributed by atoms with Crippen molar-refractivity contribution in [3.63, 3.8) is 0 Å². The Morgan fingerprint density at radius 2 is 1.77 bits per heavy atom. The SMILES string of the molecule is CN(c1ccnc(C2CC2)n1)C1CCN(Cc2c(F)cccc2F)CC1. The van der Waals surface area contributed by atoms with E-state index in [4.69, 9.17) is 4.98 Å². The number of rotatable bonds is 5. The second-order valence-corrected chi connectivity index (χ2v) is 7.37. The molecule has 0 radical (unpaired) electrons. The highest BCUT2D eigenvalue weighted by atomic mass is 19.1. The van der Waals surface area contributed by atoms with Gasteiger partial charge in [-0.25, -0.2) is 18.7 Å². The van der Waals surface area contributed by atoms with Crippen molar-refractivity contribution in [2.45, 2.75) is 44.2 Å². The van der Waals surface area contributed by atoms with Gasteiger partial charge >= 0.3 is 0 Å². The van der Waals surface area contributed by atoms with E-state index >= 15 is 0 Å². The van der Waals surface area contributed by atoms with Crippen LogP contribution in [0.25, 0.3) is 0 Å². The van der Waals surface area contributed by atoms with Crippen LogP contribution >= 0.6 is 0 Å². The number of halogens is 2. The molecule has 2 heterocycles. The van der Waals surface area contributed by atoms with E-state index in [9.17, 15) is 8.78 Å². The van der Waals surface area contributed by atoms with Gasteiger partial charge in [-0.1, -0.05) is 6.07 Å². The molecule has 0 amide bonds. The van der Waals surface area contributed by atoms with Crippen LogP contribution in [0.1, 0.15) is 43.0 Å². The summed E-state index contributed by atoms with van der Waals surface area (Å²) in [5.74, 6) is 1.55. The van der Waals surface area contributed by atoms with Crippen molar-refractivity contribution >= 4 is 5.82 Å². The second-order valence-electron chi connectivity index (χ2n) is 7.37.